The molecule has 1 heterocycles. The van der Waals surface area contributed by atoms with E-state index in [0.29, 0.717) is 10.4 Å². The number of aryl methyl sites for hydroxylation is 1. The summed E-state index contributed by atoms with van der Waals surface area (Å²) in [4.78, 5) is 22.6. The predicted octanol–water partition coefficient (Wildman–Crippen LogP) is 3.86. The van der Waals surface area contributed by atoms with Gasteiger partial charge < -0.3 is 0 Å². The molecule has 96 valence electrons. The van der Waals surface area contributed by atoms with Gasteiger partial charge in [-0.15, -0.1) is 0 Å². The number of nitrogens with zero attached hydrogens (tertiary/aromatic N) is 1. The van der Waals surface area contributed by atoms with Gasteiger partial charge in [0.1, 0.15) is 0 Å². The Labute approximate surface area is 114 Å². The van der Waals surface area contributed by atoms with Crippen LogP contribution in [-0.2, 0) is 0 Å². The Morgan fingerprint density at radius 2 is 1.89 bits per heavy atom. The van der Waals surface area contributed by atoms with Crippen LogP contribution in [0, 0.1) is 17.0 Å². The lowest BCUT2D eigenvalue weighted by Crippen LogP contribution is -1.93. The highest BCUT2D eigenvalue weighted by atomic mass is 32.1. The van der Waals surface area contributed by atoms with Gasteiger partial charge in [-0.05, 0) is 25.1 Å². The summed E-state index contributed by atoms with van der Waals surface area (Å²) >= 11 is 1.04. The summed E-state index contributed by atoms with van der Waals surface area (Å²) < 4.78 is 0. The number of ketones is 1. The van der Waals surface area contributed by atoms with E-state index >= 15 is 0 Å². The Balaban J connectivity index is 2.11. The minimum atomic E-state index is -0.441. The van der Waals surface area contributed by atoms with Gasteiger partial charge in [-0.1, -0.05) is 41.2 Å². The monoisotopic (exact) mass is 273 g/mol. The number of carbonyl (C=O) groups excluding carboxylic acids is 1. The Bertz CT molecular complexity index is 641. The smallest absolute Gasteiger partial charge is 0.289 e. The number of rotatable bonds is 4. The fourth-order valence-electron chi connectivity index (χ4n) is 1.50. The van der Waals surface area contributed by atoms with Crippen molar-refractivity contribution in [3.05, 3.63) is 68.6 Å². The molecule has 0 aliphatic rings. The molecule has 0 aliphatic heterocycles. The quantitative estimate of drug-likeness (QED) is 0.368. The van der Waals surface area contributed by atoms with Crippen LogP contribution in [-0.4, -0.2) is 10.7 Å². The molecule has 0 saturated carbocycles. The molecule has 0 radical (unpaired) electrons. The molecule has 1 aromatic heterocycles. The summed E-state index contributed by atoms with van der Waals surface area (Å²) in [5.74, 6) is -0.115. The lowest BCUT2D eigenvalue weighted by molar-refractivity contribution is -0.380. The molecule has 4 nitrogen and oxygen atoms in total. The number of carbonyl (C=O) groups is 1. The zero-order valence-corrected chi connectivity index (χ0v) is 11.0. The summed E-state index contributed by atoms with van der Waals surface area (Å²) in [5.41, 5.74) is 1.70. The van der Waals surface area contributed by atoms with Gasteiger partial charge in [0.15, 0.2) is 5.78 Å². The molecule has 0 saturated heterocycles. The summed E-state index contributed by atoms with van der Waals surface area (Å²) in [7, 11) is 0. The lowest BCUT2D eigenvalue weighted by atomic mass is 10.1. The van der Waals surface area contributed by atoms with Crippen molar-refractivity contribution in [2.45, 2.75) is 6.92 Å². The molecule has 1 aromatic carbocycles. The number of thiophene rings is 1. The van der Waals surface area contributed by atoms with Crippen LogP contribution in [0.5, 0.6) is 0 Å². The first-order valence-electron chi connectivity index (χ1n) is 5.59. The molecule has 0 amide bonds. The van der Waals surface area contributed by atoms with Crippen LogP contribution in [0.15, 0.2) is 42.5 Å². The molecule has 2 rings (SSSR count). The molecule has 0 bridgehead atoms. The zero-order valence-electron chi connectivity index (χ0n) is 10.2. The van der Waals surface area contributed by atoms with E-state index < -0.39 is 4.92 Å². The molecule has 5 heteroatoms. The molecular formula is C14H11NO3S. The van der Waals surface area contributed by atoms with E-state index in [1.807, 2.05) is 19.1 Å². The fourth-order valence-corrected chi connectivity index (χ4v) is 2.23. The SMILES string of the molecule is Cc1ccc(C(=O)/C=C/c2ccc([N+](=O)[O-])s2)cc1. The van der Waals surface area contributed by atoms with E-state index in [2.05, 4.69) is 0 Å². The Morgan fingerprint density at radius 1 is 1.21 bits per heavy atom. The first-order valence-corrected chi connectivity index (χ1v) is 6.41. The Hall–Kier alpha value is -2.27. The Morgan fingerprint density at radius 3 is 2.47 bits per heavy atom. The van der Waals surface area contributed by atoms with Crippen LogP contribution >= 0.6 is 11.3 Å². The van der Waals surface area contributed by atoms with Crippen LogP contribution in [0.4, 0.5) is 5.00 Å². The molecule has 2 aromatic rings. The van der Waals surface area contributed by atoms with Crippen molar-refractivity contribution in [1.29, 1.82) is 0 Å². The third-order valence-corrected chi connectivity index (χ3v) is 3.53. The van der Waals surface area contributed by atoms with Gasteiger partial charge in [-0.3, -0.25) is 14.9 Å². The van der Waals surface area contributed by atoms with Gasteiger partial charge in [0.05, 0.1) is 4.92 Å². The van der Waals surface area contributed by atoms with Crippen molar-refractivity contribution in [3.8, 4) is 0 Å². The molecule has 0 fully saturated rings. The van der Waals surface area contributed by atoms with Crippen LogP contribution in [0.3, 0.4) is 0 Å². The summed E-state index contributed by atoms with van der Waals surface area (Å²) in [6.07, 6.45) is 3.03. The first-order chi connectivity index (χ1) is 9.06. The van der Waals surface area contributed by atoms with E-state index in [9.17, 15) is 14.9 Å². The topological polar surface area (TPSA) is 60.2 Å². The summed E-state index contributed by atoms with van der Waals surface area (Å²) in [5, 5.41) is 10.6. The van der Waals surface area contributed by atoms with Crippen LogP contribution < -0.4 is 0 Å². The average molecular weight is 273 g/mol. The van der Waals surface area contributed by atoms with Crippen molar-refractivity contribution in [3.63, 3.8) is 0 Å². The summed E-state index contributed by atoms with van der Waals surface area (Å²) in [6.45, 7) is 1.95. The van der Waals surface area contributed by atoms with Crippen molar-refractivity contribution in [2.75, 3.05) is 0 Å². The van der Waals surface area contributed by atoms with Gasteiger partial charge in [0.25, 0.3) is 0 Å². The van der Waals surface area contributed by atoms with E-state index in [0.717, 1.165) is 16.9 Å². The van der Waals surface area contributed by atoms with Gasteiger partial charge in [0, 0.05) is 16.5 Å². The first kappa shape index (κ1) is 13.2. The van der Waals surface area contributed by atoms with Crippen LogP contribution in [0.1, 0.15) is 20.8 Å². The maximum absolute atomic E-state index is 11.9. The highest BCUT2D eigenvalue weighted by Crippen LogP contribution is 2.24. The van der Waals surface area contributed by atoms with Crippen molar-refractivity contribution < 1.29 is 9.72 Å². The van der Waals surface area contributed by atoms with Crippen LogP contribution in [0.2, 0.25) is 0 Å². The Kier molecular flexibility index (Phi) is 3.87. The number of hydrogen-bond acceptors (Lipinski definition) is 4. The molecule has 0 spiro atoms. The third-order valence-electron chi connectivity index (χ3n) is 2.53. The third kappa shape index (κ3) is 3.35. The minimum absolute atomic E-state index is 0.0717. The standard InChI is InChI=1S/C14H11NO3S/c1-10-2-4-11(5-3-10)13(16)8-6-12-7-9-14(19-12)15(17)18/h2-9H,1H3/b8-6+. The molecule has 0 unspecified atom stereocenters. The molecular weight excluding hydrogens is 262 g/mol. The number of allylic oxidation sites excluding steroid dienone is 1. The predicted molar refractivity (Wildman–Crippen MR) is 75.5 cm³/mol. The van der Waals surface area contributed by atoms with E-state index in [-0.39, 0.29) is 10.8 Å². The largest absolute Gasteiger partial charge is 0.324 e. The van der Waals surface area contributed by atoms with Gasteiger partial charge in [-0.25, -0.2) is 0 Å². The second-order valence-corrected chi connectivity index (χ2v) is 5.09. The second kappa shape index (κ2) is 5.58. The van der Waals surface area contributed by atoms with Crippen LogP contribution in [0.25, 0.3) is 6.08 Å². The van der Waals surface area contributed by atoms with Gasteiger partial charge >= 0.3 is 5.00 Å². The number of benzene rings is 1. The molecule has 0 N–H and O–H groups in total. The maximum atomic E-state index is 11.9. The van der Waals surface area contributed by atoms with Gasteiger partial charge in [-0.2, -0.15) is 0 Å². The average Bonchev–Trinajstić information content (AvgIpc) is 2.86. The minimum Gasteiger partial charge on any atom is -0.289 e. The molecule has 19 heavy (non-hydrogen) atoms. The highest BCUT2D eigenvalue weighted by molar-refractivity contribution is 7.16. The fraction of sp³-hybridized carbons (Fsp3) is 0.0714. The second-order valence-electron chi connectivity index (χ2n) is 4.00. The summed E-state index contributed by atoms with van der Waals surface area (Å²) in [6, 6.07) is 10.3. The zero-order chi connectivity index (χ0) is 13.8. The maximum Gasteiger partial charge on any atom is 0.324 e. The van der Waals surface area contributed by atoms with Crippen molar-refractivity contribution in [1.82, 2.24) is 0 Å². The normalized spacial score (nSPS) is 10.8. The number of hydrogen-bond donors (Lipinski definition) is 0. The van der Waals surface area contributed by atoms with E-state index in [1.54, 1.807) is 24.3 Å². The molecule has 0 aliphatic carbocycles. The van der Waals surface area contributed by atoms with Crippen molar-refractivity contribution in [2.24, 2.45) is 0 Å². The van der Waals surface area contributed by atoms with E-state index in [1.165, 1.54) is 12.1 Å². The van der Waals surface area contributed by atoms with Gasteiger partial charge in [0.2, 0.25) is 0 Å². The van der Waals surface area contributed by atoms with E-state index in [4.69, 9.17) is 0 Å². The van der Waals surface area contributed by atoms with Crippen molar-refractivity contribution >= 4 is 28.2 Å². The molecule has 0 atom stereocenters. The lowest BCUT2D eigenvalue weighted by Gasteiger charge is -1.96. The number of nitro groups is 1. The highest BCUT2D eigenvalue weighted by Gasteiger charge is 2.08.